The molecule has 3 aromatic rings. The number of fused-ring (bicyclic) bond motifs is 1. The molecular formula is C19H20ClN3O3. The van der Waals surface area contributed by atoms with Crippen molar-refractivity contribution in [1.82, 2.24) is 15.0 Å². The first-order valence-corrected chi connectivity index (χ1v) is 8.56. The van der Waals surface area contributed by atoms with Gasteiger partial charge in [0, 0.05) is 28.8 Å². The molecule has 0 aliphatic rings. The maximum absolute atomic E-state index is 6.59. The highest BCUT2D eigenvalue weighted by atomic mass is 35.5. The summed E-state index contributed by atoms with van der Waals surface area (Å²) in [4.78, 5) is 13.4. The second kappa shape index (κ2) is 7.33. The van der Waals surface area contributed by atoms with E-state index in [4.69, 9.17) is 25.8 Å². The Labute approximate surface area is 157 Å². The third kappa shape index (κ3) is 3.12. The number of hydrogen-bond donors (Lipinski definition) is 0. The van der Waals surface area contributed by atoms with Gasteiger partial charge in [0.2, 0.25) is 5.88 Å². The molecule has 0 saturated heterocycles. The zero-order valence-corrected chi connectivity index (χ0v) is 16.1. The number of benzene rings is 1. The summed E-state index contributed by atoms with van der Waals surface area (Å²) in [6.07, 6.45) is 1.76. The van der Waals surface area contributed by atoms with Gasteiger partial charge in [-0.2, -0.15) is 0 Å². The third-order valence-electron chi connectivity index (χ3n) is 4.07. The predicted octanol–water partition coefficient (Wildman–Crippen LogP) is 4.38. The number of rotatable bonds is 5. The lowest BCUT2D eigenvalue weighted by Crippen LogP contribution is -2.02. The van der Waals surface area contributed by atoms with Crippen LogP contribution in [0.3, 0.4) is 0 Å². The molecule has 0 unspecified atom stereocenters. The van der Waals surface area contributed by atoms with E-state index in [1.54, 1.807) is 26.5 Å². The van der Waals surface area contributed by atoms with Crippen LogP contribution >= 0.6 is 11.6 Å². The molecule has 0 aliphatic carbocycles. The van der Waals surface area contributed by atoms with Crippen LogP contribution in [-0.4, -0.2) is 35.8 Å². The van der Waals surface area contributed by atoms with Crippen molar-refractivity contribution in [2.45, 2.75) is 20.8 Å². The second-order valence-corrected chi connectivity index (χ2v) is 6.07. The fourth-order valence-electron chi connectivity index (χ4n) is 2.83. The summed E-state index contributed by atoms with van der Waals surface area (Å²) in [6, 6.07) is 3.66. The normalized spacial score (nSPS) is 10.8. The monoisotopic (exact) mass is 373 g/mol. The smallest absolute Gasteiger partial charge is 0.241 e. The van der Waals surface area contributed by atoms with E-state index in [-0.39, 0.29) is 0 Å². The fraction of sp³-hybridized carbons (Fsp3) is 0.316. The van der Waals surface area contributed by atoms with Crippen LogP contribution in [0.2, 0.25) is 5.02 Å². The summed E-state index contributed by atoms with van der Waals surface area (Å²) in [5.41, 5.74) is 2.91. The maximum atomic E-state index is 6.59. The van der Waals surface area contributed by atoms with E-state index in [9.17, 15) is 0 Å². The number of aromatic nitrogens is 3. The Kier molecular flexibility index (Phi) is 5.13. The molecule has 0 amide bonds. The van der Waals surface area contributed by atoms with Crippen LogP contribution in [0.5, 0.6) is 17.4 Å². The van der Waals surface area contributed by atoms with Crippen molar-refractivity contribution < 1.29 is 14.2 Å². The zero-order chi connectivity index (χ0) is 18.8. The lowest BCUT2D eigenvalue weighted by Gasteiger charge is -2.16. The summed E-state index contributed by atoms with van der Waals surface area (Å²) in [7, 11) is 3.17. The largest absolute Gasteiger partial charge is 0.496 e. The van der Waals surface area contributed by atoms with Gasteiger partial charge in [0.15, 0.2) is 0 Å². The van der Waals surface area contributed by atoms with E-state index in [0.29, 0.717) is 46.0 Å². The van der Waals surface area contributed by atoms with Gasteiger partial charge in [-0.05, 0) is 26.8 Å². The van der Waals surface area contributed by atoms with Crippen LogP contribution in [0.25, 0.3) is 22.2 Å². The summed E-state index contributed by atoms with van der Waals surface area (Å²) < 4.78 is 16.6. The van der Waals surface area contributed by atoms with E-state index in [0.717, 1.165) is 16.5 Å². The van der Waals surface area contributed by atoms with E-state index in [1.165, 1.54) is 0 Å². The fourth-order valence-corrected chi connectivity index (χ4v) is 3.20. The summed E-state index contributed by atoms with van der Waals surface area (Å²) in [6.45, 7) is 6.14. The summed E-state index contributed by atoms with van der Waals surface area (Å²) in [5, 5.41) is 1.29. The summed E-state index contributed by atoms with van der Waals surface area (Å²) in [5.74, 6) is 2.29. The quantitative estimate of drug-likeness (QED) is 0.661. The topological polar surface area (TPSA) is 66.4 Å². The molecular weight excluding hydrogens is 354 g/mol. The molecule has 0 bridgehead atoms. The van der Waals surface area contributed by atoms with Gasteiger partial charge in [0.1, 0.15) is 22.8 Å². The highest BCUT2D eigenvalue weighted by Crippen LogP contribution is 2.43. The van der Waals surface area contributed by atoms with Gasteiger partial charge >= 0.3 is 0 Å². The van der Waals surface area contributed by atoms with Crippen molar-refractivity contribution in [3.8, 4) is 28.6 Å². The first kappa shape index (κ1) is 18.2. The van der Waals surface area contributed by atoms with Gasteiger partial charge < -0.3 is 14.2 Å². The number of methoxy groups -OCH3 is 2. The predicted molar refractivity (Wildman–Crippen MR) is 102 cm³/mol. The Balaban J connectivity index is 2.34. The Bertz CT molecular complexity index is 948. The number of nitrogens with zero attached hydrogens (tertiary/aromatic N) is 3. The minimum Gasteiger partial charge on any atom is -0.496 e. The van der Waals surface area contributed by atoms with Gasteiger partial charge in [-0.25, -0.2) is 15.0 Å². The number of pyridine rings is 1. The van der Waals surface area contributed by atoms with Gasteiger partial charge in [0.05, 0.1) is 31.5 Å². The zero-order valence-electron chi connectivity index (χ0n) is 15.4. The van der Waals surface area contributed by atoms with E-state index in [1.807, 2.05) is 26.8 Å². The summed E-state index contributed by atoms with van der Waals surface area (Å²) >= 11 is 6.59. The second-order valence-electron chi connectivity index (χ2n) is 5.70. The molecule has 0 N–H and O–H groups in total. The molecule has 26 heavy (non-hydrogen) atoms. The standard InChI is InChI=1S/C19H20ClN3O3/c1-6-26-19-18-12(9-21-11(3)22-18)7-13(23-19)16-10(2)14(24-4)8-15(25-5)17(16)20/h7-9H,6H2,1-5H3. The van der Waals surface area contributed by atoms with Crippen molar-refractivity contribution in [2.75, 3.05) is 20.8 Å². The Morgan fingerprint density at radius 2 is 1.77 bits per heavy atom. The van der Waals surface area contributed by atoms with Crippen LogP contribution in [0.15, 0.2) is 18.3 Å². The van der Waals surface area contributed by atoms with Crippen molar-refractivity contribution in [1.29, 1.82) is 0 Å². The molecule has 0 saturated carbocycles. The lowest BCUT2D eigenvalue weighted by atomic mass is 10.0. The van der Waals surface area contributed by atoms with E-state index >= 15 is 0 Å². The lowest BCUT2D eigenvalue weighted by molar-refractivity contribution is 0.331. The minimum atomic E-state index is 0.447. The molecule has 0 aliphatic heterocycles. The van der Waals surface area contributed by atoms with E-state index in [2.05, 4.69) is 15.0 Å². The van der Waals surface area contributed by atoms with Crippen LogP contribution in [0.4, 0.5) is 0 Å². The van der Waals surface area contributed by atoms with Gasteiger partial charge in [0.25, 0.3) is 0 Å². The number of halogens is 1. The highest BCUT2D eigenvalue weighted by Gasteiger charge is 2.20. The van der Waals surface area contributed by atoms with Crippen LogP contribution in [0, 0.1) is 13.8 Å². The molecule has 0 fully saturated rings. The molecule has 136 valence electrons. The molecule has 0 spiro atoms. The third-order valence-corrected chi connectivity index (χ3v) is 4.45. The average Bonchev–Trinajstić information content (AvgIpc) is 2.63. The molecule has 6 nitrogen and oxygen atoms in total. The van der Waals surface area contributed by atoms with Crippen LogP contribution in [-0.2, 0) is 0 Å². The van der Waals surface area contributed by atoms with Gasteiger partial charge in [-0.1, -0.05) is 11.6 Å². The molecule has 7 heteroatoms. The molecule has 1 aromatic carbocycles. The average molecular weight is 374 g/mol. The van der Waals surface area contributed by atoms with Crippen LogP contribution < -0.4 is 14.2 Å². The molecule has 2 aromatic heterocycles. The Morgan fingerprint density at radius 3 is 2.42 bits per heavy atom. The molecule has 0 atom stereocenters. The van der Waals surface area contributed by atoms with Gasteiger partial charge in [-0.3, -0.25) is 0 Å². The minimum absolute atomic E-state index is 0.447. The first-order chi connectivity index (χ1) is 12.5. The number of hydrogen-bond acceptors (Lipinski definition) is 6. The van der Waals surface area contributed by atoms with Crippen molar-refractivity contribution in [2.24, 2.45) is 0 Å². The van der Waals surface area contributed by atoms with Crippen molar-refractivity contribution in [3.05, 3.63) is 34.7 Å². The van der Waals surface area contributed by atoms with E-state index < -0.39 is 0 Å². The molecule has 3 rings (SSSR count). The first-order valence-electron chi connectivity index (χ1n) is 8.18. The Morgan fingerprint density at radius 1 is 1.04 bits per heavy atom. The van der Waals surface area contributed by atoms with Crippen molar-refractivity contribution in [3.63, 3.8) is 0 Å². The SMILES string of the molecule is CCOc1nc(-c2c(C)c(OC)cc(OC)c2Cl)cc2cnc(C)nc12. The van der Waals surface area contributed by atoms with Crippen molar-refractivity contribution >= 4 is 22.5 Å². The van der Waals surface area contributed by atoms with Gasteiger partial charge in [-0.15, -0.1) is 0 Å². The van der Waals surface area contributed by atoms with Crippen LogP contribution in [0.1, 0.15) is 18.3 Å². The highest BCUT2D eigenvalue weighted by molar-refractivity contribution is 6.35. The number of aryl methyl sites for hydroxylation is 1. The number of ether oxygens (including phenoxy) is 3. The maximum Gasteiger partial charge on any atom is 0.241 e. The Hall–Kier alpha value is -2.60. The molecule has 2 heterocycles. The molecule has 0 radical (unpaired) electrons.